The van der Waals surface area contributed by atoms with E-state index in [1.807, 2.05) is 6.08 Å². The van der Waals surface area contributed by atoms with E-state index in [0.717, 1.165) is 44.2 Å². The minimum Gasteiger partial charge on any atom is -0.366 e. The predicted octanol–water partition coefficient (Wildman–Crippen LogP) is 4.93. The number of nitrogens with two attached hydrogens (primary N) is 1. The van der Waals surface area contributed by atoms with E-state index in [2.05, 4.69) is 46.0 Å². The van der Waals surface area contributed by atoms with Crippen LogP contribution >= 0.6 is 0 Å². The zero-order valence-corrected chi connectivity index (χ0v) is 22.1. The molecule has 1 aromatic carbocycles. The summed E-state index contributed by atoms with van der Waals surface area (Å²) in [5.74, 6) is -1.58. The number of likely N-dealkylation sites (tertiary alicyclic amines) is 1. The molecule has 2 atom stereocenters. The van der Waals surface area contributed by atoms with Crippen LogP contribution in [0.5, 0.6) is 0 Å². The number of primary amides is 1. The van der Waals surface area contributed by atoms with Crippen LogP contribution in [0.2, 0.25) is 0 Å². The molecule has 7 heteroatoms. The highest BCUT2D eigenvalue weighted by atomic mass is 19.1. The van der Waals surface area contributed by atoms with Crippen LogP contribution in [0.3, 0.4) is 0 Å². The Morgan fingerprint density at radius 2 is 1.82 bits per heavy atom. The Morgan fingerprint density at radius 1 is 1.11 bits per heavy atom. The number of pyridine rings is 1. The van der Waals surface area contributed by atoms with Gasteiger partial charge in [0.2, 0.25) is 5.91 Å². The lowest BCUT2D eigenvalue weighted by atomic mass is 9.90. The monoisotopic (exact) mass is 518 g/mol. The van der Waals surface area contributed by atoms with Gasteiger partial charge in [-0.2, -0.15) is 0 Å². The number of hydrogen-bond donors (Lipinski definition) is 2. The fourth-order valence-corrected chi connectivity index (χ4v) is 5.59. The Balaban J connectivity index is 1.45. The molecular weight excluding hydrogens is 479 g/mol. The van der Waals surface area contributed by atoms with E-state index in [1.54, 1.807) is 6.08 Å². The van der Waals surface area contributed by atoms with Crippen molar-refractivity contribution in [1.82, 2.24) is 15.2 Å². The number of benzene rings is 1. The average molecular weight is 519 g/mol. The van der Waals surface area contributed by atoms with Crippen LogP contribution in [-0.2, 0) is 17.6 Å². The SMILES string of the molecule is C=CC(=O)NC1CCCCC(c2nc(C=CCc3ccc(CCN4CCCC4)cc3)c(F)cc2C(N)=O)C1. The van der Waals surface area contributed by atoms with Gasteiger partial charge in [0, 0.05) is 18.5 Å². The van der Waals surface area contributed by atoms with Gasteiger partial charge in [-0.25, -0.2) is 9.37 Å². The van der Waals surface area contributed by atoms with Crippen molar-refractivity contribution in [1.29, 1.82) is 0 Å². The number of nitrogens with zero attached hydrogens (tertiary/aromatic N) is 2. The maximum atomic E-state index is 14.9. The van der Waals surface area contributed by atoms with E-state index in [-0.39, 0.29) is 29.1 Å². The minimum atomic E-state index is -0.692. The smallest absolute Gasteiger partial charge is 0.250 e. The summed E-state index contributed by atoms with van der Waals surface area (Å²) in [5, 5.41) is 2.97. The van der Waals surface area contributed by atoms with Gasteiger partial charge in [-0.3, -0.25) is 9.59 Å². The Kier molecular flexibility index (Phi) is 9.82. The van der Waals surface area contributed by atoms with Crippen LogP contribution in [0.25, 0.3) is 6.08 Å². The molecule has 3 N–H and O–H groups in total. The molecule has 202 valence electrons. The number of allylic oxidation sites excluding steroid dienone is 1. The van der Waals surface area contributed by atoms with E-state index in [4.69, 9.17) is 5.73 Å². The molecular formula is C31H39FN4O2. The Bertz CT molecular complexity index is 1160. The van der Waals surface area contributed by atoms with Crippen molar-refractivity contribution in [3.05, 3.63) is 83.0 Å². The zero-order valence-electron chi connectivity index (χ0n) is 22.1. The highest BCUT2D eigenvalue weighted by Gasteiger charge is 2.27. The average Bonchev–Trinajstić information content (AvgIpc) is 3.33. The van der Waals surface area contributed by atoms with Gasteiger partial charge in [0.25, 0.3) is 5.91 Å². The number of nitrogens with one attached hydrogen (secondary N) is 1. The number of carbonyl (C=O) groups excluding carboxylic acids is 2. The van der Waals surface area contributed by atoms with Crippen LogP contribution in [0.1, 0.15) is 83.7 Å². The van der Waals surface area contributed by atoms with Crippen molar-refractivity contribution in [3.8, 4) is 0 Å². The first-order chi connectivity index (χ1) is 18.4. The van der Waals surface area contributed by atoms with Crippen molar-refractivity contribution in [2.75, 3.05) is 19.6 Å². The zero-order chi connectivity index (χ0) is 26.9. The number of amides is 2. The molecule has 1 aromatic heterocycles. The molecule has 38 heavy (non-hydrogen) atoms. The first kappa shape index (κ1) is 27.7. The third-order valence-corrected chi connectivity index (χ3v) is 7.71. The third-order valence-electron chi connectivity index (χ3n) is 7.71. The van der Waals surface area contributed by atoms with Gasteiger partial charge in [-0.15, -0.1) is 0 Å². The summed E-state index contributed by atoms with van der Waals surface area (Å²) < 4.78 is 14.9. The lowest BCUT2D eigenvalue weighted by Crippen LogP contribution is -2.34. The first-order valence-corrected chi connectivity index (χ1v) is 13.8. The predicted molar refractivity (Wildman–Crippen MR) is 149 cm³/mol. The summed E-state index contributed by atoms with van der Waals surface area (Å²) in [7, 11) is 0. The van der Waals surface area contributed by atoms with Crippen molar-refractivity contribution < 1.29 is 14.0 Å². The fraction of sp³-hybridized carbons (Fsp3) is 0.452. The second-order valence-corrected chi connectivity index (χ2v) is 10.5. The highest BCUT2D eigenvalue weighted by molar-refractivity contribution is 5.94. The Labute approximate surface area is 225 Å². The molecule has 2 aliphatic rings. The number of carbonyl (C=O) groups is 2. The molecule has 2 fully saturated rings. The Hall–Kier alpha value is -3.32. The van der Waals surface area contributed by atoms with Crippen LogP contribution < -0.4 is 11.1 Å². The maximum absolute atomic E-state index is 14.9. The molecule has 0 bridgehead atoms. The highest BCUT2D eigenvalue weighted by Crippen LogP contribution is 2.33. The van der Waals surface area contributed by atoms with E-state index in [1.165, 1.54) is 43.6 Å². The molecule has 2 aromatic rings. The standard InChI is InChI=1S/C31H39FN4O2/c1-2-29(37)34-25-10-4-3-9-24(20-25)30-26(31(33)38)21-27(32)28(35-30)11-7-8-22-12-14-23(15-13-22)16-19-36-17-5-6-18-36/h2,7,11-15,21,24-25H,1,3-6,8-10,16-20H2,(H2,33,38)(H,34,37). The molecule has 2 amide bonds. The summed E-state index contributed by atoms with van der Waals surface area (Å²) in [5.41, 5.74) is 8.91. The first-order valence-electron chi connectivity index (χ1n) is 13.8. The van der Waals surface area contributed by atoms with Crippen molar-refractivity contribution in [2.24, 2.45) is 5.73 Å². The van der Waals surface area contributed by atoms with E-state index >= 15 is 0 Å². The molecule has 2 heterocycles. The van der Waals surface area contributed by atoms with E-state index in [0.29, 0.717) is 18.5 Å². The lowest BCUT2D eigenvalue weighted by molar-refractivity contribution is -0.117. The number of aromatic nitrogens is 1. The molecule has 1 saturated heterocycles. The normalized spacial score (nSPS) is 20.3. The van der Waals surface area contributed by atoms with Gasteiger partial charge < -0.3 is 16.0 Å². The van der Waals surface area contributed by atoms with Gasteiger partial charge in [0.15, 0.2) is 0 Å². The van der Waals surface area contributed by atoms with Crippen molar-refractivity contribution >= 4 is 17.9 Å². The molecule has 1 saturated carbocycles. The molecule has 4 rings (SSSR count). The summed E-state index contributed by atoms with van der Waals surface area (Å²) in [6.07, 6.45) is 13.3. The van der Waals surface area contributed by atoms with Gasteiger partial charge >= 0.3 is 0 Å². The van der Waals surface area contributed by atoms with Gasteiger partial charge in [-0.1, -0.05) is 49.8 Å². The van der Waals surface area contributed by atoms with Crippen molar-refractivity contribution in [2.45, 2.75) is 69.7 Å². The molecule has 1 aliphatic heterocycles. The van der Waals surface area contributed by atoms with Gasteiger partial charge in [0.05, 0.1) is 17.0 Å². The largest absolute Gasteiger partial charge is 0.366 e. The number of halogens is 1. The van der Waals surface area contributed by atoms with E-state index in [9.17, 15) is 14.0 Å². The number of rotatable bonds is 10. The van der Waals surface area contributed by atoms with Crippen molar-refractivity contribution in [3.63, 3.8) is 0 Å². The van der Waals surface area contributed by atoms with Gasteiger partial charge in [-0.05, 0) is 87.4 Å². The number of hydrogen-bond acceptors (Lipinski definition) is 4. The lowest BCUT2D eigenvalue weighted by Gasteiger charge is -2.22. The second-order valence-electron chi connectivity index (χ2n) is 10.5. The summed E-state index contributed by atoms with van der Waals surface area (Å²) >= 11 is 0. The van der Waals surface area contributed by atoms with Crippen LogP contribution in [0.4, 0.5) is 4.39 Å². The molecule has 0 spiro atoms. The molecule has 0 radical (unpaired) electrons. The Morgan fingerprint density at radius 3 is 2.53 bits per heavy atom. The third kappa shape index (κ3) is 7.60. The quantitative estimate of drug-likeness (QED) is 0.345. The molecule has 1 aliphatic carbocycles. The second kappa shape index (κ2) is 13.5. The van der Waals surface area contributed by atoms with Crippen LogP contribution in [-0.4, -0.2) is 47.4 Å². The van der Waals surface area contributed by atoms with Crippen LogP contribution in [0, 0.1) is 5.82 Å². The maximum Gasteiger partial charge on any atom is 0.250 e. The topological polar surface area (TPSA) is 88.3 Å². The molecule has 6 nitrogen and oxygen atoms in total. The van der Waals surface area contributed by atoms with E-state index < -0.39 is 11.7 Å². The minimum absolute atomic E-state index is 0.0575. The van der Waals surface area contributed by atoms with Crippen LogP contribution in [0.15, 0.2) is 49.1 Å². The molecule has 2 unspecified atom stereocenters. The summed E-state index contributed by atoms with van der Waals surface area (Å²) in [4.78, 5) is 31.2. The summed E-state index contributed by atoms with van der Waals surface area (Å²) in [6.45, 7) is 7.06. The fourth-order valence-electron chi connectivity index (χ4n) is 5.59. The van der Waals surface area contributed by atoms with Gasteiger partial charge in [0.1, 0.15) is 5.82 Å². The summed E-state index contributed by atoms with van der Waals surface area (Å²) in [6, 6.07) is 9.74.